The number of aliphatic hydroxyl groups is 1. The van der Waals surface area contributed by atoms with Gasteiger partial charge in [-0.3, -0.25) is 4.98 Å². The van der Waals surface area contributed by atoms with Crippen molar-refractivity contribution in [1.82, 2.24) is 4.98 Å². The van der Waals surface area contributed by atoms with Crippen LogP contribution in [0.5, 0.6) is 0 Å². The van der Waals surface area contributed by atoms with Crippen LogP contribution < -0.4 is 0 Å². The minimum Gasteiger partial charge on any atom is -0.385 e. The summed E-state index contributed by atoms with van der Waals surface area (Å²) in [4.78, 5) is 4.38. The Bertz CT molecular complexity index is 609. The Morgan fingerprint density at radius 3 is 2.89 bits per heavy atom. The second kappa shape index (κ2) is 4.73. The Labute approximate surface area is 121 Å². The molecule has 0 saturated heterocycles. The van der Waals surface area contributed by atoms with Gasteiger partial charge in [-0.1, -0.05) is 23.8 Å². The predicted molar refractivity (Wildman–Crippen MR) is 79.0 cm³/mol. The first-order valence-electron chi connectivity index (χ1n) is 6.50. The molecule has 1 aromatic heterocycles. The highest BCUT2D eigenvalue weighted by molar-refractivity contribution is 9.10. The summed E-state index contributed by atoms with van der Waals surface area (Å²) in [6.45, 7) is 2.07. The van der Waals surface area contributed by atoms with E-state index in [0.29, 0.717) is 6.42 Å². The zero-order chi connectivity index (χ0) is 13.5. The smallest absolute Gasteiger partial charge is 0.0957 e. The zero-order valence-electron chi connectivity index (χ0n) is 10.9. The molecule has 0 radical (unpaired) electrons. The van der Waals surface area contributed by atoms with E-state index in [1.807, 2.05) is 12.1 Å². The molecule has 1 unspecified atom stereocenters. The number of hydrogen-bond donors (Lipinski definition) is 1. The number of aryl methyl sites for hydroxylation is 2. The van der Waals surface area contributed by atoms with Gasteiger partial charge in [-0.2, -0.15) is 0 Å². The molecule has 3 rings (SSSR count). The van der Waals surface area contributed by atoms with E-state index in [1.54, 1.807) is 6.20 Å². The SMILES string of the molecule is Cc1ccc2c(c1)C(O)(Cc1ccc(Br)cn1)CC2. The second-order valence-corrected chi connectivity index (χ2v) is 6.25. The molecular weight excluding hydrogens is 302 g/mol. The van der Waals surface area contributed by atoms with Crippen molar-refractivity contribution in [2.75, 3.05) is 0 Å². The normalized spacial score (nSPS) is 21.4. The molecule has 98 valence electrons. The quantitative estimate of drug-likeness (QED) is 0.919. The molecule has 0 amide bonds. The molecule has 1 aliphatic rings. The standard InChI is InChI=1S/C16H16BrNO/c1-11-2-3-12-6-7-16(19,15(12)8-11)9-14-5-4-13(17)10-18-14/h2-5,8,10,19H,6-7,9H2,1H3. The van der Waals surface area contributed by atoms with E-state index in [0.717, 1.165) is 28.6 Å². The molecule has 0 fully saturated rings. The van der Waals surface area contributed by atoms with Gasteiger partial charge in [-0.25, -0.2) is 0 Å². The summed E-state index contributed by atoms with van der Waals surface area (Å²) in [5.41, 5.74) is 3.72. The Morgan fingerprint density at radius 2 is 2.16 bits per heavy atom. The van der Waals surface area contributed by atoms with Crippen LogP contribution in [0.4, 0.5) is 0 Å². The maximum Gasteiger partial charge on any atom is 0.0957 e. The van der Waals surface area contributed by atoms with Gasteiger partial charge in [0.25, 0.3) is 0 Å². The Balaban J connectivity index is 1.93. The fourth-order valence-corrected chi connectivity index (χ4v) is 3.05. The van der Waals surface area contributed by atoms with E-state index in [-0.39, 0.29) is 0 Å². The topological polar surface area (TPSA) is 33.1 Å². The molecule has 3 heteroatoms. The van der Waals surface area contributed by atoms with Crippen molar-refractivity contribution < 1.29 is 5.11 Å². The van der Waals surface area contributed by atoms with Gasteiger partial charge in [0.05, 0.1) is 5.60 Å². The van der Waals surface area contributed by atoms with Crippen molar-refractivity contribution >= 4 is 15.9 Å². The molecule has 1 atom stereocenters. The van der Waals surface area contributed by atoms with Crippen LogP contribution in [0, 0.1) is 6.92 Å². The first-order chi connectivity index (χ1) is 9.07. The lowest BCUT2D eigenvalue weighted by molar-refractivity contribution is 0.0379. The van der Waals surface area contributed by atoms with Crippen molar-refractivity contribution in [3.05, 3.63) is 63.4 Å². The minimum absolute atomic E-state index is 0.580. The number of halogens is 1. The molecule has 0 bridgehead atoms. The maximum atomic E-state index is 10.9. The second-order valence-electron chi connectivity index (χ2n) is 5.34. The summed E-state index contributed by atoms with van der Waals surface area (Å²) >= 11 is 3.38. The van der Waals surface area contributed by atoms with E-state index in [4.69, 9.17) is 0 Å². The number of aromatic nitrogens is 1. The van der Waals surface area contributed by atoms with Crippen LogP contribution in [0.2, 0.25) is 0 Å². The molecule has 0 spiro atoms. The van der Waals surface area contributed by atoms with Gasteiger partial charge < -0.3 is 5.11 Å². The predicted octanol–water partition coefficient (Wildman–Crippen LogP) is 3.53. The number of nitrogens with zero attached hydrogens (tertiary/aromatic N) is 1. The van der Waals surface area contributed by atoms with Gasteiger partial charge in [0, 0.05) is 22.8 Å². The summed E-state index contributed by atoms with van der Waals surface area (Å²) in [6.07, 6.45) is 4.09. The first-order valence-corrected chi connectivity index (χ1v) is 7.29. The monoisotopic (exact) mass is 317 g/mol. The number of benzene rings is 1. The largest absolute Gasteiger partial charge is 0.385 e. The summed E-state index contributed by atoms with van der Waals surface area (Å²) in [6, 6.07) is 10.3. The zero-order valence-corrected chi connectivity index (χ0v) is 12.4. The average molecular weight is 318 g/mol. The van der Waals surface area contributed by atoms with Crippen molar-refractivity contribution in [3.63, 3.8) is 0 Å². The van der Waals surface area contributed by atoms with Gasteiger partial charge in [-0.05, 0) is 59.0 Å². The molecule has 1 heterocycles. The molecule has 2 aromatic rings. The molecular formula is C16H16BrNO. The molecule has 1 aromatic carbocycles. The molecule has 1 aliphatic carbocycles. The summed E-state index contributed by atoms with van der Waals surface area (Å²) in [5.74, 6) is 0. The third-order valence-electron chi connectivity index (χ3n) is 3.84. The van der Waals surface area contributed by atoms with Crippen LogP contribution in [0.3, 0.4) is 0 Å². The highest BCUT2D eigenvalue weighted by Gasteiger charge is 2.37. The van der Waals surface area contributed by atoms with Crippen LogP contribution >= 0.6 is 15.9 Å². The van der Waals surface area contributed by atoms with E-state index in [1.165, 1.54) is 11.1 Å². The maximum absolute atomic E-state index is 10.9. The van der Waals surface area contributed by atoms with Crippen LogP contribution in [0.25, 0.3) is 0 Å². The fraction of sp³-hybridized carbons (Fsp3) is 0.312. The molecule has 2 nitrogen and oxygen atoms in total. The van der Waals surface area contributed by atoms with Crippen molar-refractivity contribution in [2.45, 2.75) is 31.8 Å². The summed E-state index contributed by atoms with van der Waals surface area (Å²) in [5, 5.41) is 10.9. The molecule has 19 heavy (non-hydrogen) atoms. The fourth-order valence-electron chi connectivity index (χ4n) is 2.81. The number of hydrogen-bond acceptors (Lipinski definition) is 2. The van der Waals surface area contributed by atoms with Crippen LogP contribution in [0.1, 0.15) is 28.8 Å². The first kappa shape index (κ1) is 12.8. The molecule has 0 aliphatic heterocycles. The van der Waals surface area contributed by atoms with Crippen molar-refractivity contribution in [3.8, 4) is 0 Å². The average Bonchev–Trinajstić information content (AvgIpc) is 2.70. The van der Waals surface area contributed by atoms with Crippen LogP contribution in [-0.2, 0) is 18.4 Å². The highest BCUT2D eigenvalue weighted by atomic mass is 79.9. The van der Waals surface area contributed by atoms with Crippen LogP contribution in [0.15, 0.2) is 41.0 Å². The third-order valence-corrected chi connectivity index (χ3v) is 4.31. The lowest BCUT2D eigenvalue weighted by Crippen LogP contribution is -2.26. The Morgan fingerprint density at radius 1 is 1.32 bits per heavy atom. The van der Waals surface area contributed by atoms with E-state index in [9.17, 15) is 5.11 Å². The number of fused-ring (bicyclic) bond motifs is 1. The summed E-state index contributed by atoms with van der Waals surface area (Å²) in [7, 11) is 0. The van der Waals surface area contributed by atoms with E-state index in [2.05, 4.69) is 46.0 Å². The minimum atomic E-state index is -0.762. The van der Waals surface area contributed by atoms with E-state index < -0.39 is 5.60 Å². The number of pyridine rings is 1. The summed E-state index contributed by atoms with van der Waals surface area (Å²) < 4.78 is 0.964. The van der Waals surface area contributed by atoms with Crippen LogP contribution in [-0.4, -0.2) is 10.1 Å². The third kappa shape index (κ3) is 2.45. The Hall–Kier alpha value is -1.19. The molecule has 0 saturated carbocycles. The van der Waals surface area contributed by atoms with Crippen molar-refractivity contribution in [1.29, 1.82) is 0 Å². The van der Waals surface area contributed by atoms with Crippen molar-refractivity contribution in [2.24, 2.45) is 0 Å². The van der Waals surface area contributed by atoms with Gasteiger partial charge in [0.2, 0.25) is 0 Å². The lowest BCUT2D eigenvalue weighted by atomic mass is 9.90. The highest BCUT2D eigenvalue weighted by Crippen LogP contribution is 2.39. The molecule has 1 N–H and O–H groups in total. The number of rotatable bonds is 2. The lowest BCUT2D eigenvalue weighted by Gasteiger charge is -2.24. The van der Waals surface area contributed by atoms with E-state index >= 15 is 0 Å². The van der Waals surface area contributed by atoms with Gasteiger partial charge in [-0.15, -0.1) is 0 Å². The Kier molecular flexibility index (Phi) is 3.19. The van der Waals surface area contributed by atoms with Gasteiger partial charge in [0.15, 0.2) is 0 Å². The van der Waals surface area contributed by atoms with Gasteiger partial charge >= 0.3 is 0 Å². The van der Waals surface area contributed by atoms with Gasteiger partial charge in [0.1, 0.15) is 0 Å².